The Kier molecular flexibility index (Phi) is 8.67. The van der Waals surface area contributed by atoms with Crippen LogP contribution in [-0.4, -0.2) is 42.4 Å². The van der Waals surface area contributed by atoms with Crippen LogP contribution in [0.25, 0.3) is 11.0 Å². The summed E-state index contributed by atoms with van der Waals surface area (Å²) in [5.74, 6) is -0.0407. The molecule has 0 saturated heterocycles. The van der Waals surface area contributed by atoms with Crippen LogP contribution in [0, 0.1) is 5.82 Å². The highest BCUT2D eigenvalue weighted by Gasteiger charge is 2.29. The standard InChI is InChI=1S/C26H22ClF4N5O3/c1-38-9-8-32-24-14-33-21-7-4-18(12-22(21)36-24)39-23-11-17(3-6-20(23)28)35-25(37)34-16-2-5-19(27)15(10-16)13-26(29,30)31/h2-7,10-12,14H,8-9,13H2,1H3,(H,32,36)(H2,34,35,37). The van der Waals surface area contributed by atoms with E-state index in [1.165, 1.54) is 24.3 Å². The van der Waals surface area contributed by atoms with Gasteiger partial charge in [0.25, 0.3) is 0 Å². The van der Waals surface area contributed by atoms with Crippen LogP contribution in [0.3, 0.4) is 0 Å². The van der Waals surface area contributed by atoms with Crippen LogP contribution in [-0.2, 0) is 11.2 Å². The van der Waals surface area contributed by atoms with Gasteiger partial charge < -0.3 is 25.4 Å². The maximum Gasteiger partial charge on any atom is 0.393 e. The third-order valence-electron chi connectivity index (χ3n) is 5.24. The SMILES string of the molecule is COCCNc1cnc2ccc(Oc3cc(NC(=O)Nc4ccc(Cl)c(CC(F)(F)F)c4)ccc3F)cc2n1. The molecular formula is C26H22ClF4N5O3. The van der Waals surface area contributed by atoms with Crippen molar-refractivity contribution in [1.82, 2.24) is 9.97 Å². The minimum Gasteiger partial charge on any atom is -0.454 e. The Hall–Kier alpha value is -4.16. The number of nitrogens with one attached hydrogen (secondary N) is 3. The van der Waals surface area contributed by atoms with Gasteiger partial charge in [0, 0.05) is 42.2 Å². The van der Waals surface area contributed by atoms with E-state index in [4.69, 9.17) is 21.1 Å². The van der Waals surface area contributed by atoms with Crippen molar-refractivity contribution < 1.29 is 31.8 Å². The van der Waals surface area contributed by atoms with Crippen LogP contribution in [0.15, 0.2) is 60.8 Å². The number of fused-ring (bicyclic) bond motifs is 1. The van der Waals surface area contributed by atoms with E-state index in [9.17, 15) is 22.4 Å². The lowest BCUT2D eigenvalue weighted by molar-refractivity contribution is -0.127. The number of hydrogen-bond donors (Lipinski definition) is 3. The molecule has 13 heteroatoms. The number of methoxy groups -OCH3 is 1. The third-order valence-corrected chi connectivity index (χ3v) is 5.61. The van der Waals surface area contributed by atoms with Gasteiger partial charge in [-0.2, -0.15) is 13.2 Å². The molecule has 0 atom stereocenters. The average Bonchev–Trinajstić information content (AvgIpc) is 2.87. The molecular weight excluding hydrogens is 542 g/mol. The van der Waals surface area contributed by atoms with Crippen molar-refractivity contribution in [2.24, 2.45) is 0 Å². The van der Waals surface area contributed by atoms with Crippen molar-refractivity contribution in [2.45, 2.75) is 12.6 Å². The van der Waals surface area contributed by atoms with Gasteiger partial charge in [-0.15, -0.1) is 0 Å². The highest BCUT2D eigenvalue weighted by atomic mass is 35.5. The number of halogens is 5. The van der Waals surface area contributed by atoms with Gasteiger partial charge in [-0.05, 0) is 48.0 Å². The fourth-order valence-electron chi connectivity index (χ4n) is 3.50. The van der Waals surface area contributed by atoms with Crippen molar-refractivity contribution in [2.75, 3.05) is 36.2 Å². The highest BCUT2D eigenvalue weighted by molar-refractivity contribution is 6.31. The van der Waals surface area contributed by atoms with E-state index in [0.717, 1.165) is 12.1 Å². The molecule has 8 nitrogen and oxygen atoms in total. The van der Waals surface area contributed by atoms with E-state index < -0.39 is 24.4 Å². The Morgan fingerprint density at radius 1 is 1.00 bits per heavy atom. The number of alkyl halides is 3. The first-order chi connectivity index (χ1) is 18.6. The van der Waals surface area contributed by atoms with Gasteiger partial charge in [-0.1, -0.05) is 11.6 Å². The molecule has 0 aliphatic heterocycles. The minimum atomic E-state index is -4.46. The van der Waals surface area contributed by atoms with Gasteiger partial charge in [0.2, 0.25) is 0 Å². The first kappa shape index (κ1) is 27.9. The zero-order valence-corrected chi connectivity index (χ0v) is 21.2. The van der Waals surface area contributed by atoms with Crippen molar-refractivity contribution in [3.63, 3.8) is 0 Å². The van der Waals surface area contributed by atoms with Gasteiger partial charge in [0.15, 0.2) is 11.6 Å². The molecule has 0 fully saturated rings. The van der Waals surface area contributed by atoms with Crippen LogP contribution >= 0.6 is 11.6 Å². The molecule has 1 heterocycles. The van der Waals surface area contributed by atoms with E-state index in [-0.39, 0.29) is 33.5 Å². The van der Waals surface area contributed by atoms with Crippen molar-refractivity contribution >= 4 is 45.9 Å². The molecule has 4 aromatic rings. The second-order valence-corrected chi connectivity index (χ2v) is 8.66. The zero-order chi connectivity index (χ0) is 28.0. The van der Waals surface area contributed by atoms with Crippen molar-refractivity contribution in [3.8, 4) is 11.5 Å². The first-order valence-electron chi connectivity index (χ1n) is 11.5. The van der Waals surface area contributed by atoms with E-state index in [1.807, 2.05) is 0 Å². The molecule has 4 rings (SSSR count). The van der Waals surface area contributed by atoms with Gasteiger partial charge in [0.05, 0.1) is 30.3 Å². The summed E-state index contributed by atoms with van der Waals surface area (Å²) >= 11 is 5.84. The van der Waals surface area contributed by atoms with Gasteiger partial charge in [-0.25, -0.2) is 14.2 Å². The number of urea groups is 1. The lowest BCUT2D eigenvalue weighted by atomic mass is 10.1. The summed E-state index contributed by atoms with van der Waals surface area (Å²) in [5, 5.41) is 7.93. The molecule has 0 saturated carbocycles. The maximum atomic E-state index is 14.5. The van der Waals surface area contributed by atoms with Crippen LogP contribution in [0.4, 0.5) is 39.5 Å². The Bertz CT molecular complexity index is 1490. The van der Waals surface area contributed by atoms with E-state index in [0.29, 0.717) is 30.0 Å². The third kappa shape index (κ3) is 7.91. The number of benzene rings is 3. The summed E-state index contributed by atoms with van der Waals surface area (Å²) < 4.78 is 63.5. The molecule has 3 aromatic carbocycles. The molecule has 204 valence electrons. The van der Waals surface area contributed by atoms with Crippen molar-refractivity contribution in [1.29, 1.82) is 0 Å². The average molecular weight is 564 g/mol. The summed E-state index contributed by atoms with van der Waals surface area (Å²) in [6, 6.07) is 11.5. The lowest BCUT2D eigenvalue weighted by Gasteiger charge is -2.13. The normalized spacial score (nSPS) is 11.3. The number of ether oxygens (including phenoxy) is 2. The number of amides is 2. The fraction of sp³-hybridized carbons (Fsp3) is 0.192. The molecule has 0 bridgehead atoms. The number of hydrogen-bond acceptors (Lipinski definition) is 6. The summed E-state index contributed by atoms with van der Waals surface area (Å²) in [5.41, 5.74) is 1.21. The molecule has 0 aliphatic rings. The highest BCUT2D eigenvalue weighted by Crippen LogP contribution is 2.30. The van der Waals surface area contributed by atoms with Crippen LogP contribution in [0.1, 0.15) is 5.56 Å². The second-order valence-electron chi connectivity index (χ2n) is 8.25. The number of nitrogens with zero attached hydrogens (tertiary/aromatic N) is 2. The topological polar surface area (TPSA) is 97.4 Å². The molecule has 1 aromatic heterocycles. The Morgan fingerprint density at radius 3 is 2.49 bits per heavy atom. The molecule has 39 heavy (non-hydrogen) atoms. The van der Waals surface area contributed by atoms with Crippen LogP contribution in [0.2, 0.25) is 5.02 Å². The van der Waals surface area contributed by atoms with Crippen LogP contribution < -0.4 is 20.7 Å². The van der Waals surface area contributed by atoms with Crippen molar-refractivity contribution in [3.05, 3.63) is 77.2 Å². The molecule has 3 N–H and O–H groups in total. The molecule has 0 radical (unpaired) electrons. The molecule has 2 amide bonds. The predicted molar refractivity (Wildman–Crippen MR) is 140 cm³/mol. The van der Waals surface area contributed by atoms with E-state index in [2.05, 4.69) is 25.9 Å². The van der Waals surface area contributed by atoms with Crippen LogP contribution in [0.5, 0.6) is 11.5 Å². The second kappa shape index (κ2) is 12.1. The fourth-order valence-corrected chi connectivity index (χ4v) is 3.69. The number of carbonyl (C=O) groups excluding carboxylic acids is 1. The molecule has 0 unspecified atom stereocenters. The zero-order valence-electron chi connectivity index (χ0n) is 20.4. The van der Waals surface area contributed by atoms with Gasteiger partial charge in [0.1, 0.15) is 11.6 Å². The largest absolute Gasteiger partial charge is 0.454 e. The summed E-state index contributed by atoms with van der Waals surface area (Å²) in [7, 11) is 1.59. The maximum absolute atomic E-state index is 14.5. The number of carbonyl (C=O) groups is 1. The summed E-state index contributed by atoms with van der Waals surface area (Å²) in [6.07, 6.45) is -4.12. The molecule has 0 spiro atoms. The van der Waals surface area contributed by atoms with Gasteiger partial charge >= 0.3 is 12.2 Å². The quantitative estimate of drug-likeness (QED) is 0.149. The lowest BCUT2D eigenvalue weighted by Crippen LogP contribution is -2.20. The van der Waals surface area contributed by atoms with E-state index in [1.54, 1.807) is 31.5 Å². The Morgan fingerprint density at radius 2 is 1.74 bits per heavy atom. The first-order valence-corrected chi connectivity index (χ1v) is 11.9. The summed E-state index contributed by atoms with van der Waals surface area (Å²) in [6.45, 7) is 1.03. The van der Waals surface area contributed by atoms with E-state index >= 15 is 0 Å². The number of rotatable bonds is 9. The Labute approximate surface area is 225 Å². The number of aromatic nitrogens is 2. The smallest absolute Gasteiger partial charge is 0.393 e. The number of anilines is 3. The molecule has 0 aliphatic carbocycles. The monoisotopic (exact) mass is 563 g/mol. The summed E-state index contributed by atoms with van der Waals surface area (Å²) in [4.78, 5) is 21.2. The minimum absolute atomic E-state index is 0.0724. The predicted octanol–water partition coefficient (Wildman–Crippen LogP) is 7.02. The Balaban J connectivity index is 1.45. The van der Waals surface area contributed by atoms with Gasteiger partial charge in [-0.3, -0.25) is 4.98 Å².